The molecule has 4 rings (SSSR count). The predicted octanol–water partition coefficient (Wildman–Crippen LogP) is 2.88. The van der Waals surface area contributed by atoms with Crippen LogP contribution in [0.5, 0.6) is 0 Å². The number of hydrogen-bond acceptors (Lipinski definition) is 7. The molecule has 0 bridgehead atoms. The first-order valence-corrected chi connectivity index (χ1v) is 9.60. The Kier molecular flexibility index (Phi) is 5.42. The zero-order valence-corrected chi connectivity index (χ0v) is 17.3. The van der Waals surface area contributed by atoms with E-state index in [9.17, 15) is 14.3 Å². The Bertz CT molecular complexity index is 1090. The first kappa shape index (κ1) is 20.9. The van der Waals surface area contributed by atoms with Gasteiger partial charge in [-0.05, 0) is 37.3 Å². The van der Waals surface area contributed by atoms with Crippen LogP contribution in [0.2, 0.25) is 0 Å². The number of ether oxygens (including phenoxy) is 2. The van der Waals surface area contributed by atoms with Crippen molar-refractivity contribution in [3.8, 4) is 22.6 Å². The van der Waals surface area contributed by atoms with Crippen LogP contribution in [0, 0.1) is 11.2 Å². The number of carbonyl (C=O) groups is 1. The van der Waals surface area contributed by atoms with Crippen molar-refractivity contribution < 1.29 is 23.8 Å². The third kappa shape index (κ3) is 4.12. The normalized spacial score (nSPS) is 21.1. The van der Waals surface area contributed by atoms with Crippen LogP contribution in [0.3, 0.4) is 0 Å². The molecule has 1 fully saturated rings. The summed E-state index contributed by atoms with van der Waals surface area (Å²) in [6, 6.07) is 7.68. The lowest BCUT2D eigenvalue weighted by Gasteiger charge is -2.33. The monoisotopic (exact) mass is 427 g/mol. The summed E-state index contributed by atoms with van der Waals surface area (Å²) in [6.45, 7) is 1.52. The molecule has 2 N–H and O–H groups in total. The SMILES string of the molecule is CN(C)c1nccc(-c2[nH]c(C3OCC(C)(C(=O)O)CO3)nc2-c2ccc(F)cc2)n1. The fourth-order valence-electron chi connectivity index (χ4n) is 3.10. The Hall–Kier alpha value is -3.37. The molecule has 0 atom stereocenters. The summed E-state index contributed by atoms with van der Waals surface area (Å²) < 4.78 is 24.8. The van der Waals surface area contributed by atoms with Gasteiger partial charge in [0, 0.05) is 25.9 Å². The molecule has 9 nitrogen and oxygen atoms in total. The van der Waals surface area contributed by atoms with Gasteiger partial charge in [-0.3, -0.25) is 4.79 Å². The Morgan fingerprint density at radius 3 is 2.48 bits per heavy atom. The van der Waals surface area contributed by atoms with Crippen molar-refractivity contribution in [1.29, 1.82) is 0 Å². The Balaban J connectivity index is 1.74. The number of nitrogens with zero attached hydrogens (tertiary/aromatic N) is 4. The number of hydrogen-bond donors (Lipinski definition) is 2. The van der Waals surface area contributed by atoms with E-state index in [0.717, 1.165) is 0 Å². The molecule has 0 radical (unpaired) electrons. The van der Waals surface area contributed by atoms with E-state index in [-0.39, 0.29) is 19.0 Å². The first-order valence-electron chi connectivity index (χ1n) is 9.60. The highest BCUT2D eigenvalue weighted by molar-refractivity contribution is 5.77. The van der Waals surface area contributed by atoms with Crippen molar-refractivity contribution in [1.82, 2.24) is 19.9 Å². The van der Waals surface area contributed by atoms with E-state index < -0.39 is 17.7 Å². The number of aliphatic carboxylic acids is 1. The third-order valence-electron chi connectivity index (χ3n) is 4.98. The van der Waals surface area contributed by atoms with Crippen molar-refractivity contribution in [3.63, 3.8) is 0 Å². The molecule has 1 aromatic carbocycles. The minimum absolute atomic E-state index is 0.0206. The molecule has 0 aliphatic carbocycles. The van der Waals surface area contributed by atoms with E-state index in [1.165, 1.54) is 12.1 Å². The van der Waals surface area contributed by atoms with Crippen molar-refractivity contribution in [2.75, 3.05) is 32.2 Å². The van der Waals surface area contributed by atoms with Gasteiger partial charge >= 0.3 is 5.97 Å². The van der Waals surface area contributed by atoms with Gasteiger partial charge in [-0.15, -0.1) is 0 Å². The molecule has 162 valence electrons. The van der Waals surface area contributed by atoms with E-state index >= 15 is 0 Å². The smallest absolute Gasteiger partial charge is 0.314 e. The summed E-state index contributed by atoms with van der Waals surface area (Å²) in [6.07, 6.45) is 0.772. The van der Waals surface area contributed by atoms with Crippen molar-refractivity contribution in [2.24, 2.45) is 5.41 Å². The summed E-state index contributed by atoms with van der Waals surface area (Å²) in [7, 11) is 3.67. The second-order valence-corrected chi connectivity index (χ2v) is 7.81. The highest BCUT2D eigenvalue weighted by Gasteiger charge is 2.41. The Labute approximate surface area is 177 Å². The highest BCUT2D eigenvalue weighted by atomic mass is 19.1. The Morgan fingerprint density at radius 1 is 1.19 bits per heavy atom. The fraction of sp³-hybridized carbons (Fsp3) is 0.333. The molecule has 1 aliphatic heterocycles. The van der Waals surface area contributed by atoms with E-state index in [1.54, 1.807) is 36.2 Å². The topological polar surface area (TPSA) is 113 Å². The van der Waals surface area contributed by atoms with Gasteiger partial charge in [0.15, 0.2) is 5.82 Å². The summed E-state index contributed by atoms with van der Waals surface area (Å²) in [5.41, 5.74) is 1.26. The van der Waals surface area contributed by atoms with E-state index in [1.807, 2.05) is 14.1 Å². The minimum Gasteiger partial charge on any atom is -0.481 e. The van der Waals surface area contributed by atoms with Gasteiger partial charge in [0.05, 0.1) is 30.3 Å². The van der Waals surface area contributed by atoms with Gasteiger partial charge in [0.25, 0.3) is 0 Å². The number of halogens is 1. The molecule has 1 saturated heterocycles. The van der Waals surface area contributed by atoms with Gasteiger partial charge in [0.1, 0.15) is 11.2 Å². The standard InChI is InChI=1S/C21H22FN5O4/c1-21(19(28)29)10-30-18(31-11-21)17-25-15(12-4-6-13(22)7-5-12)16(26-17)14-8-9-23-20(24-14)27(2)3/h4-9,18H,10-11H2,1-3H3,(H,25,26)(H,28,29). The predicted molar refractivity (Wildman–Crippen MR) is 110 cm³/mol. The van der Waals surface area contributed by atoms with Crippen molar-refractivity contribution >= 4 is 11.9 Å². The number of benzene rings is 1. The zero-order chi connectivity index (χ0) is 22.2. The molecule has 0 spiro atoms. The van der Waals surface area contributed by atoms with E-state index in [4.69, 9.17) is 9.47 Å². The Morgan fingerprint density at radius 2 is 1.87 bits per heavy atom. The molecule has 10 heteroatoms. The van der Waals surface area contributed by atoms with Gasteiger partial charge in [-0.25, -0.2) is 19.3 Å². The molecular formula is C21H22FN5O4. The number of carboxylic acid groups (broad SMARTS) is 1. The van der Waals surface area contributed by atoms with E-state index in [2.05, 4.69) is 19.9 Å². The van der Waals surface area contributed by atoms with Crippen molar-refractivity contribution in [2.45, 2.75) is 13.2 Å². The van der Waals surface area contributed by atoms with Gasteiger partial charge in [0.2, 0.25) is 12.2 Å². The molecule has 0 amide bonds. The minimum atomic E-state index is -1.13. The number of aromatic nitrogens is 4. The highest BCUT2D eigenvalue weighted by Crippen LogP contribution is 2.35. The maximum absolute atomic E-state index is 13.5. The van der Waals surface area contributed by atoms with Gasteiger partial charge in [-0.2, -0.15) is 0 Å². The molecule has 0 saturated carbocycles. The number of imidazole rings is 1. The molecule has 2 aromatic heterocycles. The molecule has 3 heterocycles. The number of H-pyrrole nitrogens is 1. The maximum atomic E-state index is 13.5. The van der Waals surface area contributed by atoms with Gasteiger partial charge in [-0.1, -0.05) is 0 Å². The lowest BCUT2D eigenvalue weighted by Crippen LogP contribution is -2.42. The van der Waals surface area contributed by atoms with Crippen LogP contribution in [0.1, 0.15) is 19.0 Å². The summed E-state index contributed by atoms with van der Waals surface area (Å²) in [5, 5.41) is 9.36. The van der Waals surface area contributed by atoms with E-state index in [0.29, 0.717) is 34.4 Å². The number of anilines is 1. The van der Waals surface area contributed by atoms with Crippen LogP contribution in [-0.4, -0.2) is 58.3 Å². The van der Waals surface area contributed by atoms with Crippen LogP contribution < -0.4 is 4.90 Å². The molecular weight excluding hydrogens is 405 g/mol. The molecule has 3 aromatic rings. The van der Waals surface area contributed by atoms with Crippen LogP contribution in [0.25, 0.3) is 22.6 Å². The number of rotatable bonds is 5. The van der Waals surface area contributed by atoms with Crippen LogP contribution >= 0.6 is 0 Å². The first-order chi connectivity index (χ1) is 14.8. The second-order valence-electron chi connectivity index (χ2n) is 7.81. The third-order valence-corrected chi connectivity index (χ3v) is 4.98. The molecule has 1 aliphatic rings. The molecule has 31 heavy (non-hydrogen) atoms. The lowest BCUT2D eigenvalue weighted by molar-refractivity contribution is -0.236. The number of carboxylic acids is 1. The molecule has 0 unspecified atom stereocenters. The second kappa shape index (κ2) is 8.05. The fourth-order valence-corrected chi connectivity index (χ4v) is 3.10. The number of nitrogens with one attached hydrogen (secondary N) is 1. The van der Waals surface area contributed by atoms with Crippen LogP contribution in [0.15, 0.2) is 36.5 Å². The summed E-state index contributed by atoms with van der Waals surface area (Å²) in [5.74, 6) is -0.465. The van der Waals surface area contributed by atoms with Crippen LogP contribution in [0.4, 0.5) is 10.3 Å². The summed E-state index contributed by atoms with van der Waals surface area (Å²) in [4.78, 5) is 29.8. The quantitative estimate of drug-likeness (QED) is 0.639. The lowest BCUT2D eigenvalue weighted by atomic mass is 9.92. The number of aromatic amines is 1. The van der Waals surface area contributed by atoms with Crippen molar-refractivity contribution in [3.05, 3.63) is 48.2 Å². The average molecular weight is 427 g/mol. The van der Waals surface area contributed by atoms with Crippen LogP contribution in [-0.2, 0) is 14.3 Å². The maximum Gasteiger partial charge on any atom is 0.314 e. The largest absolute Gasteiger partial charge is 0.481 e. The van der Waals surface area contributed by atoms with Gasteiger partial charge < -0.3 is 24.5 Å². The average Bonchev–Trinajstić information content (AvgIpc) is 3.20. The zero-order valence-electron chi connectivity index (χ0n) is 17.3. The summed E-state index contributed by atoms with van der Waals surface area (Å²) >= 11 is 0.